The van der Waals surface area contributed by atoms with Gasteiger partial charge in [0.25, 0.3) is 0 Å². The lowest BCUT2D eigenvalue weighted by Crippen LogP contribution is -2.51. The first-order chi connectivity index (χ1) is 7.87. The van der Waals surface area contributed by atoms with Gasteiger partial charge in [-0.05, 0) is 33.6 Å². The Bertz CT molecular complexity index is 340. The number of amides is 1. The van der Waals surface area contributed by atoms with Crippen LogP contribution in [0.5, 0.6) is 0 Å². The summed E-state index contributed by atoms with van der Waals surface area (Å²) in [5.41, 5.74) is -1.05. The van der Waals surface area contributed by atoms with Gasteiger partial charge in [0, 0.05) is 12.1 Å². The maximum Gasteiger partial charge on any atom is 0.243 e. The zero-order valence-electron chi connectivity index (χ0n) is 11.1. The Morgan fingerprint density at radius 3 is 2.35 bits per heavy atom. The van der Waals surface area contributed by atoms with Gasteiger partial charge in [-0.1, -0.05) is 18.9 Å². The third-order valence-corrected chi connectivity index (χ3v) is 3.45. The molecule has 0 aromatic heterocycles. The van der Waals surface area contributed by atoms with Gasteiger partial charge in [-0.2, -0.15) is 5.26 Å². The van der Waals surface area contributed by atoms with Crippen molar-refractivity contribution in [3.8, 4) is 6.07 Å². The Hall–Kier alpha value is -1.30. The Morgan fingerprint density at radius 1 is 1.47 bits per heavy atom. The lowest BCUT2D eigenvalue weighted by atomic mass is 9.85. The molecule has 0 unspecified atom stereocenters. The van der Waals surface area contributed by atoms with Crippen molar-refractivity contribution in [3.05, 3.63) is 12.7 Å². The molecule has 17 heavy (non-hydrogen) atoms. The number of rotatable bonds is 3. The standard InChI is InChI=1S/C14H22N2O/c1-5-10-16(13(2,3)4)12(17)14(11-15)8-6-7-9-14/h5H,1,6-10H2,2-4H3. The molecule has 1 amide bonds. The summed E-state index contributed by atoms with van der Waals surface area (Å²) in [4.78, 5) is 14.4. The molecular formula is C14H22N2O. The molecule has 0 atom stereocenters. The molecule has 0 N–H and O–H groups in total. The zero-order chi connectivity index (χ0) is 13.1. The summed E-state index contributed by atoms with van der Waals surface area (Å²) in [6, 6.07) is 2.26. The molecule has 0 aromatic carbocycles. The predicted molar refractivity (Wildman–Crippen MR) is 68.2 cm³/mol. The molecular weight excluding hydrogens is 212 g/mol. The van der Waals surface area contributed by atoms with Gasteiger partial charge in [0.05, 0.1) is 6.07 Å². The van der Waals surface area contributed by atoms with Crippen LogP contribution in [0, 0.1) is 16.7 Å². The molecule has 3 heteroatoms. The quantitative estimate of drug-likeness (QED) is 0.705. The Kier molecular flexibility index (Phi) is 3.98. The molecule has 3 nitrogen and oxygen atoms in total. The monoisotopic (exact) mass is 234 g/mol. The molecule has 1 aliphatic rings. The van der Waals surface area contributed by atoms with Gasteiger partial charge in [-0.3, -0.25) is 4.79 Å². The van der Waals surface area contributed by atoms with Crippen molar-refractivity contribution in [1.82, 2.24) is 4.90 Å². The van der Waals surface area contributed by atoms with Gasteiger partial charge in [-0.15, -0.1) is 6.58 Å². The lowest BCUT2D eigenvalue weighted by molar-refractivity contribution is -0.143. The van der Waals surface area contributed by atoms with Crippen LogP contribution in [0.3, 0.4) is 0 Å². The first kappa shape index (κ1) is 13.8. The fraction of sp³-hybridized carbons (Fsp3) is 0.714. The summed E-state index contributed by atoms with van der Waals surface area (Å²) in [7, 11) is 0. The zero-order valence-corrected chi connectivity index (χ0v) is 11.1. The van der Waals surface area contributed by atoms with Crippen molar-refractivity contribution in [3.63, 3.8) is 0 Å². The van der Waals surface area contributed by atoms with E-state index in [0.29, 0.717) is 19.4 Å². The maximum absolute atomic E-state index is 12.6. The topological polar surface area (TPSA) is 44.1 Å². The Morgan fingerprint density at radius 2 is 2.00 bits per heavy atom. The van der Waals surface area contributed by atoms with Gasteiger partial charge in [0.15, 0.2) is 0 Å². The highest BCUT2D eigenvalue weighted by Gasteiger charge is 2.45. The van der Waals surface area contributed by atoms with E-state index in [1.165, 1.54) is 0 Å². The molecule has 0 heterocycles. The molecule has 0 radical (unpaired) electrons. The molecule has 1 aliphatic carbocycles. The van der Waals surface area contributed by atoms with E-state index in [9.17, 15) is 10.1 Å². The first-order valence-electron chi connectivity index (χ1n) is 6.21. The van der Waals surface area contributed by atoms with E-state index >= 15 is 0 Å². The van der Waals surface area contributed by atoms with Crippen LogP contribution in [0.4, 0.5) is 0 Å². The normalized spacial score (nSPS) is 18.5. The highest BCUT2D eigenvalue weighted by atomic mass is 16.2. The van der Waals surface area contributed by atoms with Crippen LogP contribution in [-0.2, 0) is 4.79 Å². The molecule has 0 aromatic rings. The molecule has 1 rings (SSSR count). The van der Waals surface area contributed by atoms with Gasteiger partial charge in [-0.25, -0.2) is 0 Å². The van der Waals surface area contributed by atoms with Crippen LogP contribution in [0.1, 0.15) is 46.5 Å². The summed E-state index contributed by atoms with van der Waals surface area (Å²) < 4.78 is 0. The number of hydrogen-bond acceptors (Lipinski definition) is 2. The first-order valence-corrected chi connectivity index (χ1v) is 6.21. The number of nitriles is 1. The summed E-state index contributed by atoms with van der Waals surface area (Å²) in [6.45, 7) is 10.2. The lowest BCUT2D eigenvalue weighted by Gasteiger charge is -2.39. The molecule has 0 saturated heterocycles. The molecule has 0 spiro atoms. The van der Waals surface area contributed by atoms with Gasteiger partial charge >= 0.3 is 0 Å². The van der Waals surface area contributed by atoms with Crippen molar-refractivity contribution in [1.29, 1.82) is 5.26 Å². The highest BCUT2D eigenvalue weighted by molar-refractivity contribution is 5.86. The minimum Gasteiger partial charge on any atom is -0.333 e. The Balaban J connectivity index is 2.99. The van der Waals surface area contributed by atoms with E-state index in [4.69, 9.17) is 0 Å². The van der Waals surface area contributed by atoms with Gasteiger partial charge < -0.3 is 4.90 Å². The van der Waals surface area contributed by atoms with Gasteiger partial charge in [0.2, 0.25) is 5.91 Å². The number of carbonyl (C=O) groups excluding carboxylic acids is 1. The number of hydrogen-bond donors (Lipinski definition) is 0. The molecule has 1 fully saturated rings. The van der Waals surface area contributed by atoms with Crippen molar-refractivity contribution in [2.75, 3.05) is 6.54 Å². The van der Waals surface area contributed by atoms with E-state index in [-0.39, 0.29) is 11.4 Å². The average molecular weight is 234 g/mol. The molecule has 0 aliphatic heterocycles. The van der Waals surface area contributed by atoms with E-state index in [0.717, 1.165) is 12.8 Å². The minimum atomic E-state index is -0.781. The summed E-state index contributed by atoms with van der Waals surface area (Å²) >= 11 is 0. The fourth-order valence-electron chi connectivity index (χ4n) is 2.40. The third-order valence-electron chi connectivity index (χ3n) is 3.45. The van der Waals surface area contributed by atoms with E-state index in [1.54, 1.807) is 11.0 Å². The summed E-state index contributed by atoms with van der Waals surface area (Å²) in [6.07, 6.45) is 5.08. The SMILES string of the molecule is C=CCN(C(=O)C1(C#N)CCCC1)C(C)(C)C. The fourth-order valence-corrected chi connectivity index (χ4v) is 2.40. The smallest absolute Gasteiger partial charge is 0.243 e. The largest absolute Gasteiger partial charge is 0.333 e. The van der Waals surface area contributed by atoms with Crippen LogP contribution >= 0.6 is 0 Å². The van der Waals surface area contributed by atoms with Crippen LogP contribution < -0.4 is 0 Å². The van der Waals surface area contributed by atoms with Crippen molar-refractivity contribution in [2.45, 2.75) is 52.0 Å². The number of carbonyl (C=O) groups is 1. The van der Waals surface area contributed by atoms with Crippen molar-refractivity contribution < 1.29 is 4.79 Å². The van der Waals surface area contributed by atoms with E-state index in [1.807, 2.05) is 20.8 Å². The second-order valence-electron chi connectivity index (χ2n) is 5.78. The van der Waals surface area contributed by atoms with Gasteiger partial charge in [0.1, 0.15) is 5.41 Å². The van der Waals surface area contributed by atoms with E-state index in [2.05, 4.69) is 12.6 Å². The van der Waals surface area contributed by atoms with Crippen LogP contribution in [0.25, 0.3) is 0 Å². The van der Waals surface area contributed by atoms with Crippen LogP contribution in [-0.4, -0.2) is 22.9 Å². The maximum atomic E-state index is 12.6. The summed E-state index contributed by atoms with van der Waals surface area (Å²) in [5, 5.41) is 9.35. The predicted octanol–water partition coefficient (Wildman–Crippen LogP) is 2.88. The summed E-state index contributed by atoms with van der Waals surface area (Å²) in [5.74, 6) is -0.0232. The van der Waals surface area contributed by atoms with Crippen LogP contribution in [0.15, 0.2) is 12.7 Å². The Labute approximate surface area is 104 Å². The van der Waals surface area contributed by atoms with Crippen molar-refractivity contribution in [2.24, 2.45) is 5.41 Å². The number of nitrogens with zero attached hydrogens (tertiary/aromatic N) is 2. The highest BCUT2D eigenvalue weighted by Crippen LogP contribution is 2.40. The minimum absolute atomic E-state index is 0.0232. The third kappa shape index (κ3) is 2.69. The molecule has 1 saturated carbocycles. The molecule has 94 valence electrons. The van der Waals surface area contributed by atoms with E-state index < -0.39 is 5.41 Å². The van der Waals surface area contributed by atoms with Crippen molar-refractivity contribution >= 4 is 5.91 Å². The molecule has 0 bridgehead atoms. The van der Waals surface area contributed by atoms with Crippen LogP contribution in [0.2, 0.25) is 0 Å². The average Bonchev–Trinajstić information content (AvgIpc) is 2.73. The second kappa shape index (κ2) is 4.91. The second-order valence-corrected chi connectivity index (χ2v) is 5.78.